The second kappa shape index (κ2) is 15.2. The van der Waals surface area contributed by atoms with E-state index in [0.717, 1.165) is 43.3 Å². The van der Waals surface area contributed by atoms with Crippen molar-refractivity contribution < 1.29 is 4.79 Å². The van der Waals surface area contributed by atoms with Crippen molar-refractivity contribution in [3.63, 3.8) is 0 Å². The molecule has 0 N–H and O–H groups in total. The molecule has 0 radical (unpaired) electrons. The summed E-state index contributed by atoms with van der Waals surface area (Å²) in [6.07, 6.45) is 15.0. The molecule has 0 heterocycles. The van der Waals surface area contributed by atoms with Crippen LogP contribution in [0.2, 0.25) is 0 Å². The van der Waals surface area contributed by atoms with E-state index in [2.05, 4.69) is 86.0 Å². The first-order chi connectivity index (χ1) is 15.7. The van der Waals surface area contributed by atoms with Crippen LogP contribution < -0.4 is 0 Å². The predicted octanol–water partition coefficient (Wildman–Crippen LogP) is 8.60. The standard InChI is InChI=1S/C30H40N2/c1-4-7-10-11-14-26-17-21-29(22-18-26)30(23-27(24-32-31)13-9-6-3)28-19-15-25(16-20-28)12-8-5-2/h15-23H,4-14H2,1-3H3. The molecule has 170 valence electrons. The number of aryl methyl sites for hydroxylation is 2. The normalized spacial score (nSPS) is 11.2. The molecule has 0 amide bonds. The molecule has 0 aliphatic carbocycles. The summed E-state index contributed by atoms with van der Waals surface area (Å²) in [4.78, 5) is 3.21. The molecule has 0 saturated heterocycles. The van der Waals surface area contributed by atoms with Crippen LogP contribution in [0.1, 0.15) is 101 Å². The van der Waals surface area contributed by atoms with Crippen molar-refractivity contribution in [2.24, 2.45) is 0 Å². The summed E-state index contributed by atoms with van der Waals surface area (Å²) in [5, 5.41) is 0. The fourth-order valence-electron chi connectivity index (χ4n) is 3.94. The fraction of sp³-hybridized carbons (Fsp3) is 0.467. The number of nitrogens with zero attached hydrogens (tertiary/aromatic N) is 2. The van der Waals surface area contributed by atoms with Gasteiger partial charge in [-0.2, -0.15) is 0 Å². The topological polar surface area (TPSA) is 36.4 Å². The Hall–Kier alpha value is -2.66. The molecule has 0 fully saturated rings. The lowest BCUT2D eigenvalue weighted by Gasteiger charge is -2.11. The number of allylic oxidation sites excluding steroid dienone is 2. The molecule has 0 spiro atoms. The number of hydrogen-bond acceptors (Lipinski definition) is 0. The number of unbranched alkanes of at least 4 members (excludes halogenated alkanes) is 5. The largest absolute Gasteiger partial charge is 0.348 e. The Labute approximate surface area is 195 Å². The van der Waals surface area contributed by atoms with Crippen molar-refractivity contribution in [2.45, 2.75) is 91.4 Å². The molecule has 32 heavy (non-hydrogen) atoms. The Morgan fingerprint density at radius 2 is 1.25 bits per heavy atom. The molecular weight excluding hydrogens is 388 g/mol. The van der Waals surface area contributed by atoms with Gasteiger partial charge in [-0.25, -0.2) is 0 Å². The van der Waals surface area contributed by atoms with E-state index in [1.807, 2.05) is 0 Å². The van der Waals surface area contributed by atoms with Crippen molar-refractivity contribution in [3.8, 4) is 0 Å². The quantitative estimate of drug-likeness (QED) is 0.0949. The van der Waals surface area contributed by atoms with Crippen molar-refractivity contribution in [1.82, 2.24) is 0 Å². The van der Waals surface area contributed by atoms with E-state index < -0.39 is 0 Å². The smallest absolute Gasteiger partial charge is 0.303 e. The number of hydrogen-bond donors (Lipinski definition) is 0. The van der Waals surface area contributed by atoms with Crippen LogP contribution in [0.3, 0.4) is 0 Å². The first-order valence-electron chi connectivity index (χ1n) is 12.6. The van der Waals surface area contributed by atoms with Gasteiger partial charge in [0.25, 0.3) is 0 Å². The van der Waals surface area contributed by atoms with Crippen LogP contribution in [0.5, 0.6) is 0 Å². The highest BCUT2D eigenvalue weighted by Crippen LogP contribution is 2.27. The summed E-state index contributed by atoms with van der Waals surface area (Å²) in [5.74, 6) is 2.80. The molecule has 2 aromatic carbocycles. The van der Waals surface area contributed by atoms with Gasteiger partial charge in [-0.05, 0) is 72.4 Å². The minimum absolute atomic E-state index is 0.855. The van der Waals surface area contributed by atoms with Crippen LogP contribution in [-0.2, 0) is 12.8 Å². The lowest BCUT2D eigenvalue weighted by molar-refractivity contribution is 0.00746. The summed E-state index contributed by atoms with van der Waals surface area (Å²) >= 11 is 0. The van der Waals surface area contributed by atoms with E-state index in [4.69, 9.17) is 5.53 Å². The maximum atomic E-state index is 9.13. The summed E-state index contributed by atoms with van der Waals surface area (Å²) in [6, 6.07) is 17.9. The van der Waals surface area contributed by atoms with E-state index in [0.29, 0.717) is 0 Å². The Bertz CT molecular complexity index is 906. The van der Waals surface area contributed by atoms with Crippen LogP contribution in [0.15, 0.2) is 60.2 Å². The van der Waals surface area contributed by atoms with Gasteiger partial charge in [0.1, 0.15) is 0 Å². The van der Waals surface area contributed by atoms with E-state index in [1.54, 1.807) is 0 Å². The third-order valence-electron chi connectivity index (χ3n) is 5.98. The van der Waals surface area contributed by atoms with Gasteiger partial charge in [0.2, 0.25) is 0 Å². The lowest BCUT2D eigenvalue weighted by atomic mass is 9.92. The second-order valence-corrected chi connectivity index (χ2v) is 8.71. The maximum absolute atomic E-state index is 9.13. The van der Waals surface area contributed by atoms with Gasteiger partial charge in [0.15, 0.2) is 0 Å². The van der Waals surface area contributed by atoms with E-state index in [1.165, 1.54) is 60.8 Å². The second-order valence-electron chi connectivity index (χ2n) is 8.71. The molecule has 2 aromatic rings. The molecule has 0 aliphatic rings. The summed E-state index contributed by atoms with van der Waals surface area (Å²) in [6.45, 7) is 6.66. The van der Waals surface area contributed by atoms with Gasteiger partial charge >= 0.3 is 5.87 Å². The molecule has 2 rings (SSSR count). The fourth-order valence-corrected chi connectivity index (χ4v) is 3.94. The molecule has 0 aromatic heterocycles. The third-order valence-corrected chi connectivity index (χ3v) is 5.98. The molecule has 2 heteroatoms. The highest BCUT2D eigenvalue weighted by atomic mass is 14.8. The first kappa shape index (κ1) is 25.6. The first-order valence-corrected chi connectivity index (χ1v) is 12.6. The molecule has 0 bridgehead atoms. The third kappa shape index (κ3) is 8.83. The van der Waals surface area contributed by atoms with Gasteiger partial charge in [-0.1, -0.05) is 101 Å². The van der Waals surface area contributed by atoms with Gasteiger partial charge < -0.3 is 5.53 Å². The van der Waals surface area contributed by atoms with Gasteiger partial charge in [-0.3, -0.25) is 0 Å². The van der Waals surface area contributed by atoms with Gasteiger partial charge in [-0.15, -0.1) is 4.79 Å². The molecule has 2 nitrogen and oxygen atoms in total. The predicted molar refractivity (Wildman–Crippen MR) is 138 cm³/mol. The zero-order valence-electron chi connectivity index (χ0n) is 20.4. The minimum Gasteiger partial charge on any atom is -0.348 e. The van der Waals surface area contributed by atoms with E-state index in [-0.39, 0.29) is 0 Å². The Morgan fingerprint density at radius 3 is 1.75 bits per heavy atom. The van der Waals surface area contributed by atoms with Gasteiger partial charge in [0, 0.05) is 0 Å². The highest BCUT2D eigenvalue weighted by Gasteiger charge is 2.09. The average molecular weight is 429 g/mol. The molecule has 0 unspecified atom stereocenters. The average Bonchev–Trinajstić information content (AvgIpc) is 2.83. The summed E-state index contributed by atoms with van der Waals surface area (Å²) < 4.78 is 0. The summed E-state index contributed by atoms with van der Waals surface area (Å²) in [5.41, 5.74) is 16.4. The van der Waals surface area contributed by atoms with Crippen LogP contribution in [-0.4, -0.2) is 10.7 Å². The monoisotopic (exact) mass is 428 g/mol. The van der Waals surface area contributed by atoms with E-state index in [9.17, 15) is 0 Å². The van der Waals surface area contributed by atoms with Crippen LogP contribution in [0.4, 0.5) is 0 Å². The molecular formula is C30H40N2. The number of benzene rings is 2. The Morgan fingerprint density at radius 1 is 0.719 bits per heavy atom. The van der Waals surface area contributed by atoms with Crippen molar-refractivity contribution in [1.29, 1.82) is 0 Å². The van der Waals surface area contributed by atoms with Crippen molar-refractivity contribution in [3.05, 3.63) is 88.0 Å². The van der Waals surface area contributed by atoms with E-state index >= 15 is 0 Å². The Kier molecular flexibility index (Phi) is 12.2. The lowest BCUT2D eigenvalue weighted by Crippen LogP contribution is -1.94. The summed E-state index contributed by atoms with van der Waals surface area (Å²) in [7, 11) is 0. The van der Waals surface area contributed by atoms with Crippen molar-refractivity contribution >= 4 is 11.4 Å². The molecule has 0 atom stereocenters. The minimum atomic E-state index is 0.855. The zero-order chi connectivity index (χ0) is 23.0. The highest BCUT2D eigenvalue weighted by molar-refractivity contribution is 5.83. The van der Waals surface area contributed by atoms with Crippen LogP contribution in [0.25, 0.3) is 11.1 Å². The maximum Gasteiger partial charge on any atom is 0.303 e. The molecule has 0 aliphatic heterocycles. The molecule has 0 saturated carbocycles. The van der Waals surface area contributed by atoms with Crippen LogP contribution >= 0.6 is 0 Å². The SMILES string of the molecule is CCCCCCc1ccc(C(=CC(=C=[N+]=[N-])CCCC)c2ccc(CCCC)cc2)cc1. The van der Waals surface area contributed by atoms with Gasteiger partial charge in [0.05, 0.1) is 5.57 Å². The van der Waals surface area contributed by atoms with Crippen molar-refractivity contribution in [2.75, 3.05) is 0 Å². The number of rotatable bonds is 14. The van der Waals surface area contributed by atoms with Crippen LogP contribution in [0, 0.1) is 0 Å². The Balaban J connectivity index is 2.34. The zero-order valence-corrected chi connectivity index (χ0v) is 20.4.